The first-order valence-electron chi connectivity index (χ1n) is 8.24. The highest BCUT2D eigenvalue weighted by molar-refractivity contribution is 5.33. The van der Waals surface area contributed by atoms with Gasteiger partial charge in [-0.2, -0.15) is 0 Å². The molecule has 0 bridgehead atoms. The lowest BCUT2D eigenvalue weighted by Crippen LogP contribution is -2.61. The van der Waals surface area contributed by atoms with Crippen LogP contribution in [0.2, 0.25) is 0 Å². The number of aromatic nitrogens is 1. The molecule has 0 saturated carbocycles. The molecule has 0 atom stereocenters. The molecule has 0 amide bonds. The highest BCUT2D eigenvalue weighted by atomic mass is 15.3. The largest absolute Gasteiger partial charge is 0.346 e. The summed E-state index contributed by atoms with van der Waals surface area (Å²) in [6.07, 6.45) is 4.36. The molecule has 1 aromatic heterocycles. The molecule has 0 N–H and O–H groups in total. The Morgan fingerprint density at radius 2 is 1.22 bits per heavy atom. The van der Waals surface area contributed by atoms with E-state index in [-0.39, 0.29) is 5.54 Å². The van der Waals surface area contributed by atoms with Crippen molar-refractivity contribution in [1.29, 1.82) is 0 Å². The number of nitrogens with zero attached hydrogens (tertiary/aromatic N) is 2. The van der Waals surface area contributed by atoms with Crippen molar-refractivity contribution in [1.82, 2.24) is 9.47 Å². The van der Waals surface area contributed by atoms with Gasteiger partial charge < -0.3 is 4.57 Å². The van der Waals surface area contributed by atoms with Gasteiger partial charge in [0.15, 0.2) is 0 Å². The van der Waals surface area contributed by atoms with E-state index >= 15 is 0 Å². The van der Waals surface area contributed by atoms with Gasteiger partial charge in [0.05, 0.1) is 11.6 Å². The minimum Gasteiger partial charge on any atom is -0.346 e. The van der Waals surface area contributed by atoms with Crippen LogP contribution in [0.15, 0.2) is 85.2 Å². The molecule has 2 aromatic carbocycles. The Morgan fingerprint density at radius 3 is 1.70 bits per heavy atom. The molecule has 3 aromatic rings. The predicted molar refractivity (Wildman–Crippen MR) is 94.4 cm³/mol. The van der Waals surface area contributed by atoms with Crippen LogP contribution in [0.25, 0.3) is 0 Å². The van der Waals surface area contributed by atoms with Gasteiger partial charge in [0, 0.05) is 25.5 Å². The van der Waals surface area contributed by atoms with Crippen molar-refractivity contribution in [3.8, 4) is 0 Å². The fourth-order valence-corrected chi connectivity index (χ4v) is 3.75. The van der Waals surface area contributed by atoms with Gasteiger partial charge in [-0.15, -0.1) is 0 Å². The Balaban J connectivity index is 1.63. The Labute approximate surface area is 138 Å². The van der Waals surface area contributed by atoms with Crippen molar-refractivity contribution in [2.24, 2.45) is 0 Å². The maximum Gasteiger partial charge on any atom is 0.0665 e. The third-order valence-electron chi connectivity index (χ3n) is 4.91. The zero-order valence-corrected chi connectivity index (χ0v) is 13.5. The van der Waals surface area contributed by atoms with E-state index in [2.05, 4.69) is 102 Å². The van der Waals surface area contributed by atoms with E-state index in [1.54, 1.807) is 0 Å². The highest BCUT2D eigenvalue weighted by Crippen LogP contribution is 2.39. The summed E-state index contributed by atoms with van der Waals surface area (Å²) in [7, 11) is 0. The van der Waals surface area contributed by atoms with Gasteiger partial charge in [0.1, 0.15) is 0 Å². The molecule has 0 aliphatic carbocycles. The molecular formula is C21H22N2. The van der Waals surface area contributed by atoms with Crippen LogP contribution in [-0.4, -0.2) is 22.6 Å². The van der Waals surface area contributed by atoms with E-state index in [4.69, 9.17) is 0 Å². The van der Waals surface area contributed by atoms with Gasteiger partial charge in [-0.1, -0.05) is 60.7 Å². The molecule has 116 valence electrons. The van der Waals surface area contributed by atoms with Crippen LogP contribution in [0.1, 0.15) is 24.1 Å². The first-order chi connectivity index (χ1) is 11.3. The van der Waals surface area contributed by atoms with Crippen molar-refractivity contribution in [3.05, 3.63) is 96.3 Å². The van der Waals surface area contributed by atoms with Gasteiger partial charge in [0.2, 0.25) is 0 Å². The van der Waals surface area contributed by atoms with E-state index < -0.39 is 0 Å². The minimum absolute atomic E-state index is 0.200. The average molecular weight is 302 g/mol. The first kappa shape index (κ1) is 14.3. The minimum atomic E-state index is 0.200. The Morgan fingerprint density at radius 1 is 0.739 bits per heavy atom. The van der Waals surface area contributed by atoms with Crippen molar-refractivity contribution < 1.29 is 0 Å². The lowest BCUT2D eigenvalue weighted by molar-refractivity contribution is 0.00204. The molecule has 4 rings (SSSR count). The smallest absolute Gasteiger partial charge is 0.0665 e. The summed E-state index contributed by atoms with van der Waals surface area (Å²) in [5, 5.41) is 0. The molecule has 1 fully saturated rings. The van der Waals surface area contributed by atoms with Crippen LogP contribution < -0.4 is 0 Å². The second-order valence-electron chi connectivity index (χ2n) is 6.72. The molecule has 2 heterocycles. The van der Waals surface area contributed by atoms with Crippen LogP contribution in [0, 0.1) is 0 Å². The molecule has 23 heavy (non-hydrogen) atoms. The summed E-state index contributed by atoms with van der Waals surface area (Å²) in [4.78, 5) is 2.57. The van der Waals surface area contributed by atoms with Crippen LogP contribution in [0.3, 0.4) is 0 Å². The summed E-state index contributed by atoms with van der Waals surface area (Å²) in [5.41, 5.74) is 2.94. The quantitative estimate of drug-likeness (QED) is 0.697. The number of benzene rings is 2. The van der Waals surface area contributed by atoms with Crippen LogP contribution >= 0.6 is 0 Å². The number of likely N-dealkylation sites (tertiary alicyclic amines) is 1. The Bertz CT molecular complexity index is 702. The fraction of sp³-hybridized carbons (Fsp3) is 0.238. The summed E-state index contributed by atoms with van der Waals surface area (Å²) < 4.78 is 2.34. The third kappa shape index (κ3) is 2.60. The van der Waals surface area contributed by atoms with Crippen LogP contribution in [0.4, 0.5) is 0 Å². The van der Waals surface area contributed by atoms with Crippen LogP contribution in [0.5, 0.6) is 0 Å². The van der Waals surface area contributed by atoms with Crippen molar-refractivity contribution in [2.75, 3.05) is 13.1 Å². The summed E-state index contributed by atoms with van der Waals surface area (Å²) in [6, 6.07) is 26.2. The second kappa shape index (κ2) is 5.71. The van der Waals surface area contributed by atoms with Crippen molar-refractivity contribution in [3.63, 3.8) is 0 Å². The Hall–Kier alpha value is -2.32. The van der Waals surface area contributed by atoms with Gasteiger partial charge in [-0.3, -0.25) is 4.90 Å². The molecule has 1 aliphatic heterocycles. The first-order valence-corrected chi connectivity index (χ1v) is 8.24. The zero-order chi connectivity index (χ0) is 15.7. The summed E-state index contributed by atoms with van der Waals surface area (Å²) in [5.74, 6) is 0. The molecule has 1 aliphatic rings. The van der Waals surface area contributed by atoms with Gasteiger partial charge in [-0.25, -0.2) is 0 Å². The zero-order valence-electron chi connectivity index (χ0n) is 13.5. The van der Waals surface area contributed by atoms with Crippen molar-refractivity contribution in [2.45, 2.75) is 18.5 Å². The lowest BCUT2D eigenvalue weighted by atomic mass is 9.86. The van der Waals surface area contributed by atoms with Gasteiger partial charge in [-0.05, 0) is 30.2 Å². The number of hydrogen-bond donors (Lipinski definition) is 0. The van der Waals surface area contributed by atoms with Crippen LogP contribution in [-0.2, 0) is 5.54 Å². The standard InChI is InChI=1S/C21H22N2/c1-21(23-14-8-9-15-23)16-22(17-21)20(18-10-4-2-5-11-18)19-12-6-3-7-13-19/h2-15,20H,16-17H2,1H3. The maximum absolute atomic E-state index is 2.57. The molecule has 2 nitrogen and oxygen atoms in total. The molecule has 2 heteroatoms. The summed E-state index contributed by atoms with van der Waals surface area (Å²) >= 11 is 0. The average Bonchev–Trinajstić information content (AvgIpc) is 3.10. The highest BCUT2D eigenvalue weighted by Gasteiger charge is 2.43. The summed E-state index contributed by atoms with van der Waals surface area (Å²) in [6.45, 7) is 4.48. The number of hydrogen-bond acceptors (Lipinski definition) is 1. The lowest BCUT2D eigenvalue weighted by Gasteiger charge is -2.52. The molecule has 1 saturated heterocycles. The topological polar surface area (TPSA) is 8.17 Å². The van der Waals surface area contributed by atoms with E-state index in [0.717, 1.165) is 13.1 Å². The van der Waals surface area contributed by atoms with Gasteiger partial charge >= 0.3 is 0 Å². The van der Waals surface area contributed by atoms with E-state index in [1.807, 2.05) is 0 Å². The van der Waals surface area contributed by atoms with E-state index in [0.29, 0.717) is 6.04 Å². The maximum atomic E-state index is 2.57. The molecule has 0 spiro atoms. The second-order valence-corrected chi connectivity index (χ2v) is 6.72. The van der Waals surface area contributed by atoms with Gasteiger partial charge in [0.25, 0.3) is 0 Å². The fourth-order valence-electron chi connectivity index (χ4n) is 3.75. The molecule has 0 radical (unpaired) electrons. The molecule has 0 unspecified atom stereocenters. The number of rotatable bonds is 4. The van der Waals surface area contributed by atoms with Crippen molar-refractivity contribution >= 4 is 0 Å². The molecular weight excluding hydrogens is 280 g/mol. The van der Waals surface area contributed by atoms with E-state index in [1.165, 1.54) is 11.1 Å². The SMILES string of the molecule is CC1(n2cccc2)CN(C(c2ccccc2)c2ccccc2)C1. The monoisotopic (exact) mass is 302 g/mol. The predicted octanol–water partition coefficient (Wildman–Crippen LogP) is 4.31. The van der Waals surface area contributed by atoms with E-state index in [9.17, 15) is 0 Å². The third-order valence-corrected chi connectivity index (χ3v) is 4.91. The Kier molecular flexibility index (Phi) is 3.55. The normalized spacial score (nSPS) is 17.1.